The molecule has 2 aliphatic heterocycles. The highest BCUT2D eigenvalue weighted by Gasteiger charge is 2.43. The first-order chi connectivity index (χ1) is 12.3. The van der Waals surface area contributed by atoms with Crippen LogP contribution in [0.5, 0.6) is 11.5 Å². The summed E-state index contributed by atoms with van der Waals surface area (Å²) in [6.07, 6.45) is 2.09. The molecule has 2 aliphatic rings. The molecule has 0 spiro atoms. The molecule has 0 saturated heterocycles. The van der Waals surface area contributed by atoms with Crippen molar-refractivity contribution >= 4 is 17.0 Å². The van der Waals surface area contributed by atoms with Crippen molar-refractivity contribution in [2.75, 3.05) is 7.11 Å². The first-order valence-corrected chi connectivity index (χ1v) is 9.00. The molecule has 2 unspecified atom stereocenters. The normalized spacial score (nSPS) is 21.3. The maximum Gasteiger partial charge on any atom is 0.246 e. The maximum absolute atomic E-state index is 6.28. The minimum Gasteiger partial charge on any atom is -0.493 e. The Morgan fingerprint density at radius 2 is 2.16 bits per heavy atom. The van der Waals surface area contributed by atoms with Crippen molar-refractivity contribution in [2.24, 2.45) is 5.10 Å². The SMILES string of the molecule is COc1cccc2c1OC(c1ccco1)N1N=C(c3cccs3)CC21. The number of fused-ring (bicyclic) bond motifs is 3. The summed E-state index contributed by atoms with van der Waals surface area (Å²) in [5.41, 5.74) is 2.17. The zero-order chi connectivity index (χ0) is 16.8. The van der Waals surface area contributed by atoms with E-state index >= 15 is 0 Å². The van der Waals surface area contributed by atoms with Gasteiger partial charge in [0.2, 0.25) is 6.23 Å². The number of methoxy groups -OCH3 is 1. The van der Waals surface area contributed by atoms with Crippen LogP contribution in [-0.4, -0.2) is 17.8 Å². The van der Waals surface area contributed by atoms with Gasteiger partial charge in [0.15, 0.2) is 17.3 Å². The fourth-order valence-corrected chi connectivity index (χ4v) is 4.18. The zero-order valence-corrected chi connectivity index (χ0v) is 14.4. The molecule has 0 aliphatic carbocycles. The second kappa shape index (κ2) is 5.67. The molecule has 2 aromatic heterocycles. The predicted octanol–water partition coefficient (Wildman–Crippen LogP) is 4.59. The van der Waals surface area contributed by atoms with Crippen molar-refractivity contribution in [1.29, 1.82) is 0 Å². The molecule has 0 fully saturated rings. The Morgan fingerprint density at radius 1 is 1.20 bits per heavy atom. The van der Waals surface area contributed by atoms with Crippen LogP contribution in [0.4, 0.5) is 0 Å². The van der Waals surface area contributed by atoms with Crippen LogP contribution in [-0.2, 0) is 0 Å². The van der Waals surface area contributed by atoms with E-state index in [1.807, 2.05) is 29.3 Å². The highest BCUT2D eigenvalue weighted by Crippen LogP contribution is 2.50. The lowest BCUT2D eigenvalue weighted by atomic mass is 9.98. The second-order valence-electron chi connectivity index (χ2n) is 5.99. The smallest absolute Gasteiger partial charge is 0.246 e. The number of hydrazone groups is 1. The minimum atomic E-state index is -0.402. The van der Waals surface area contributed by atoms with Crippen molar-refractivity contribution in [3.63, 3.8) is 0 Å². The molecule has 0 radical (unpaired) electrons. The molecule has 0 saturated carbocycles. The summed E-state index contributed by atoms with van der Waals surface area (Å²) in [6, 6.07) is 14.0. The Bertz CT molecular complexity index is 918. The molecule has 0 bridgehead atoms. The molecular weight excluding hydrogens is 336 g/mol. The summed E-state index contributed by atoms with van der Waals surface area (Å²) >= 11 is 1.71. The van der Waals surface area contributed by atoms with Gasteiger partial charge in [0.25, 0.3) is 0 Å². The topological polar surface area (TPSA) is 47.2 Å². The fraction of sp³-hybridized carbons (Fsp3) is 0.211. The molecule has 6 heteroatoms. The van der Waals surface area contributed by atoms with Gasteiger partial charge in [-0.05, 0) is 29.6 Å². The number of para-hydroxylation sites is 1. The summed E-state index contributed by atoms with van der Waals surface area (Å²) in [5.74, 6) is 2.24. The van der Waals surface area contributed by atoms with Gasteiger partial charge in [-0.25, -0.2) is 5.01 Å². The standard InChI is InChI=1S/C19H16N2O3S/c1-22-15-6-2-5-12-14-11-13(17-8-4-10-25-17)20-21(14)19(24-18(12)15)16-7-3-9-23-16/h2-10,14,19H,11H2,1H3. The molecule has 4 heterocycles. The van der Waals surface area contributed by atoms with Crippen LogP contribution < -0.4 is 9.47 Å². The lowest BCUT2D eigenvalue weighted by Gasteiger charge is -2.37. The molecule has 0 N–H and O–H groups in total. The quantitative estimate of drug-likeness (QED) is 0.691. The summed E-state index contributed by atoms with van der Waals surface area (Å²) in [6.45, 7) is 0. The number of benzene rings is 1. The first-order valence-electron chi connectivity index (χ1n) is 8.12. The summed E-state index contributed by atoms with van der Waals surface area (Å²) in [4.78, 5) is 1.19. The Kier molecular flexibility index (Phi) is 3.31. The lowest BCUT2D eigenvalue weighted by molar-refractivity contribution is -0.0342. The van der Waals surface area contributed by atoms with E-state index in [1.54, 1.807) is 24.7 Å². The van der Waals surface area contributed by atoms with E-state index in [1.165, 1.54) is 4.88 Å². The molecule has 0 amide bonds. The van der Waals surface area contributed by atoms with Gasteiger partial charge in [0.05, 0.1) is 30.0 Å². The summed E-state index contributed by atoms with van der Waals surface area (Å²) in [5, 5.41) is 8.96. The zero-order valence-electron chi connectivity index (χ0n) is 13.6. The van der Waals surface area contributed by atoms with E-state index in [-0.39, 0.29) is 6.04 Å². The fourth-order valence-electron chi connectivity index (χ4n) is 3.46. The first kappa shape index (κ1) is 14.6. The minimum absolute atomic E-state index is 0.103. The van der Waals surface area contributed by atoms with Crippen LogP contribution in [0.2, 0.25) is 0 Å². The third-order valence-corrected chi connectivity index (χ3v) is 5.51. The molecule has 1 aromatic carbocycles. The third-order valence-electron chi connectivity index (χ3n) is 4.59. The third kappa shape index (κ3) is 2.25. The predicted molar refractivity (Wildman–Crippen MR) is 95.1 cm³/mol. The number of thiophene rings is 1. The number of hydrogen-bond acceptors (Lipinski definition) is 6. The van der Waals surface area contributed by atoms with Gasteiger partial charge in [-0.1, -0.05) is 18.2 Å². The van der Waals surface area contributed by atoms with Gasteiger partial charge in [0, 0.05) is 12.0 Å². The highest BCUT2D eigenvalue weighted by atomic mass is 32.1. The second-order valence-corrected chi connectivity index (χ2v) is 6.94. The molecule has 5 nitrogen and oxygen atoms in total. The highest BCUT2D eigenvalue weighted by molar-refractivity contribution is 7.12. The van der Waals surface area contributed by atoms with Crippen molar-refractivity contribution in [3.05, 3.63) is 70.3 Å². The lowest BCUT2D eigenvalue weighted by Crippen LogP contribution is -2.33. The average Bonchev–Trinajstić information content (AvgIpc) is 3.41. The average molecular weight is 352 g/mol. The van der Waals surface area contributed by atoms with E-state index in [4.69, 9.17) is 19.0 Å². The van der Waals surface area contributed by atoms with Crippen LogP contribution in [0.3, 0.4) is 0 Å². The maximum atomic E-state index is 6.28. The van der Waals surface area contributed by atoms with Gasteiger partial charge in [-0.2, -0.15) is 5.10 Å². The van der Waals surface area contributed by atoms with Crippen LogP contribution in [0.1, 0.15) is 34.9 Å². The summed E-state index contributed by atoms with van der Waals surface area (Å²) in [7, 11) is 1.66. The molecule has 126 valence electrons. The van der Waals surface area contributed by atoms with Crippen LogP contribution in [0, 0.1) is 0 Å². The monoisotopic (exact) mass is 352 g/mol. The van der Waals surface area contributed by atoms with E-state index in [0.717, 1.165) is 35.0 Å². The Labute approximate surface area is 149 Å². The van der Waals surface area contributed by atoms with E-state index in [0.29, 0.717) is 0 Å². The van der Waals surface area contributed by atoms with E-state index in [2.05, 4.69) is 23.6 Å². The van der Waals surface area contributed by atoms with Crippen LogP contribution in [0.25, 0.3) is 0 Å². The molecule has 25 heavy (non-hydrogen) atoms. The van der Waals surface area contributed by atoms with Crippen molar-refractivity contribution in [2.45, 2.75) is 18.7 Å². The van der Waals surface area contributed by atoms with Gasteiger partial charge in [-0.15, -0.1) is 11.3 Å². The van der Waals surface area contributed by atoms with Crippen molar-refractivity contribution in [1.82, 2.24) is 5.01 Å². The molecule has 3 aromatic rings. The number of hydrogen-bond donors (Lipinski definition) is 0. The molecule has 2 atom stereocenters. The van der Waals surface area contributed by atoms with E-state index in [9.17, 15) is 0 Å². The van der Waals surface area contributed by atoms with Gasteiger partial charge >= 0.3 is 0 Å². The summed E-state index contributed by atoms with van der Waals surface area (Å²) < 4.78 is 17.4. The molecular formula is C19H16N2O3S. The van der Waals surface area contributed by atoms with E-state index < -0.39 is 6.23 Å². The van der Waals surface area contributed by atoms with Crippen molar-refractivity contribution in [3.8, 4) is 11.5 Å². The van der Waals surface area contributed by atoms with Gasteiger partial charge in [-0.3, -0.25) is 0 Å². The van der Waals surface area contributed by atoms with Crippen LogP contribution >= 0.6 is 11.3 Å². The van der Waals surface area contributed by atoms with Gasteiger partial charge in [0.1, 0.15) is 0 Å². The molecule has 5 rings (SSSR count). The number of ether oxygens (including phenoxy) is 2. The Hall–Kier alpha value is -2.73. The largest absolute Gasteiger partial charge is 0.493 e. The van der Waals surface area contributed by atoms with Gasteiger partial charge < -0.3 is 13.9 Å². The number of rotatable bonds is 3. The number of furan rings is 1. The van der Waals surface area contributed by atoms with Crippen molar-refractivity contribution < 1.29 is 13.9 Å². The Morgan fingerprint density at radius 3 is 2.92 bits per heavy atom. The Balaban J connectivity index is 1.63. The van der Waals surface area contributed by atoms with Crippen LogP contribution in [0.15, 0.2) is 63.6 Å². The number of nitrogens with zero attached hydrogens (tertiary/aromatic N) is 2.